The van der Waals surface area contributed by atoms with E-state index in [9.17, 15) is 25.0 Å². The number of hydrogen-bond acceptors (Lipinski definition) is 9. The highest BCUT2D eigenvalue weighted by Crippen LogP contribution is 2.28. The molecule has 1 N–H and O–H groups in total. The van der Waals surface area contributed by atoms with E-state index in [2.05, 4.69) is 12.2 Å². The number of rotatable bonds is 22. The molecule has 0 spiro atoms. The molecule has 0 aliphatic carbocycles. The van der Waals surface area contributed by atoms with E-state index < -0.39 is 9.85 Å². The van der Waals surface area contributed by atoms with E-state index in [0.717, 1.165) is 18.9 Å². The predicted molar refractivity (Wildman–Crippen MR) is 133 cm³/mol. The Morgan fingerprint density at radius 3 is 2.06 bits per heavy atom. The van der Waals surface area contributed by atoms with Gasteiger partial charge in [0.25, 0.3) is 11.4 Å². The Balaban J connectivity index is 1.96. The SMILES string of the molecule is CCCCCCCCCCCC(=O)OCCOCCOCCNc1ccc([N+](=O)[O-])cc1[N+](=O)[O-]. The first-order chi connectivity index (χ1) is 17.0. The molecule has 35 heavy (non-hydrogen) atoms. The second-order valence-corrected chi connectivity index (χ2v) is 8.17. The molecule has 0 amide bonds. The maximum Gasteiger partial charge on any atom is 0.305 e. The second kappa shape index (κ2) is 19.5. The number of esters is 1. The van der Waals surface area contributed by atoms with Gasteiger partial charge >= 0.3 is 5.97 Å². The summed E-state index contributed by atoms with van der Waals surface area (Å²) >= 11 is 0. The van der Waals surface area contributed by atoms with Gasteiger partial charge in [0.2, 0.25) is 0 Å². The Morgan fingerprint density at radius 1 is 0.829 bits per heavy atom. The monoisotopic (exact) mass is 497 g/mol. The number of nitrogens with zero attached hydrogens (tertiary/aromatic N) is 2. The molecular weight excluding hydrogens is 458 g/mol. The van der Waals surface area contributed by atoms with Gasteiger partial charge in [-0.15, -0.1) is 0 Å². The molecule has 0 aliphatic heterocycles. The minimum Gasteiger partial charge on any atom is -0.463 e. The maximum atomic E-state index is 11.7. The van der Waals surface area contributed by atoms with Gasteiger partial charge in [0.15, 0.2) is 0 Å². The zero-order valence-corrected chi connectivity index (χ0v) is 20.7. The van der Waals surface area contributed by atoms with E-state index in [1.54, 1.807) is 0 Å². The summed E-state index contributed by atoms with van der Waals surface area (Å²) in [5.74, 6) is -0.195. The summed E-state index contributed by atoms with van der Waals surface area (Å²) < 4.78 is 15.9. The van der Waals surface area contributed by atoms with Gasteiger partial charge in [0, 0.05) is 19.0 Å². The quantitative estimate of drug-likeness (QED) is 0.0962. The summed E-state index contributed by atoms with van der Waals surface area (Å²) in [6, 6.07) is 3.42. The molecule has 0 unspecified atom stereocenters. The van der Waals surface area contributed by atoms with Crippen molar-refractivity contribution in [2.45, 2.75) is 71.1 Å². The van der Waals surface area contributed by atoms with E-state index >= 15 is 0 Å². The van der Waals surface area contributed by atoms with Crippen LogP contribution in [-0.4, -0.2) is 55.4 Å². The van der Waals surface area contributed by atoms with E-state index in [0.29, 0.717) is 26.2 Å². The fourth-order valence-corrected chi connectivity index (χ4v) is 3.38. The predicted octanol–water partition coefficient (Wildman–Crippen LogP) is 5.41. The molecule has 1 aromatic carbocycles. The number of nitro groups is 2. The van der Waals surface area contributed by atoms with Crippen molar-refractivity contribution < 1.29 is 28.9 Å². The molecule has 11 heteroatoms. The number of anilines is 1. The molecule has 1 aromatic rings. The number of unbranched alkanes of at least 4 members (excludes halogenated alkanes) is 8. The highest BCUT2D eigenvalue weighted by atomic mass is 16.6. The third-order valence-electron chi connectivity index (χ3n) is 5.30. The number of non-ortho nitro benzene ring substituents is 1. The van der Waals surface area contributed by atoms with Gasteiger partial charge in [-0.2, -0.15) is 0 Å². The fraction of sp³-hybridized carbons (Fsp3) is 0.708. The largest absolute Gasteiger partial charge is 0.463 e. The van der Waals surface area contributed by atoms with Gasteiger partial charge < -0.3 is 19.5 Å². The number of benzene rings is 1. The lowest BCUT2D eigenvalue weighted by molar-refractivity contribution is -0.393. The molecule has 0 fully saturated rings. The van der Waals surface area contributed by atoms with Gasteiger partial charge in [-0.05, 0) is 12.5 Å². The first kappa shape index (κ1) is 30.2. The molecule has 11 nitrogen and oxygen atoms in total. The van der Waals surface area contributed by atoms with Crippen molar-refractivity contribution in [2.75, 3.05) is 44.9 Å². The van der Waals surface area contributed by atoms with Crippen molar-refractivity contribution in [1.82, 2.24) is 0 Å². The van der Waals surface area contributed by atoms with Gasteiger partial charge in [0.1, 0.15) is 12.3 Å². The summed E-state index contributed by atoms with van der Waals surface area (Å²) in [5, 5.41) is 24.7. The first-order valence-electron chi connectivity index (χ1n) is 12.4. The average molecular weight is 498 g/mol. The second-order valence-electron chi connectivity index (χ2n) is 8.17. The van der Waals surface area contributed by atoms with Crippen LogP contribution in [0.1, 0.15) is 71.1 Å². The summed E-state index contributed by atoms with van der Waals surface area (Å²) in [6.07, 6.45) is 11.3. The van der Waals surface area contributed by atoms with Crippen LogP contribution < -0.4 is 5.32 Å². The van der Waals surface area contributed by atoms with Gasteiger partial charge in [-0.25, -0.2) is 0 Å². The topological polar surface area (TPSA) is 143 Å². The minimum atomic E-state index is -0.682. The van der Waals surface area contributed by atoms with Gasteiger partial charge in [0.05, 0.1) is 42.3 Å². The van der Waals surface area contributed by atoms with Crippen molar-refractivity contribution in [3.05, 3.63) is 38.4 Å². The zero-order valence-electron chi connectivity index (χ0n) is 20.7. The van der Waals surface area contributed by atoms with Crippen molar-refractivity contribution in [2.24, 2.45) is 0 Å². The maximum absolute atomic E-state index is 11.7. The Labute approximate surface area is 206 Å². The summed E-state index contributed by atoms with van der Waals surface area (Å²) in [5.41, 5.74) is -0.524. The van der Waals surface area contributed by atoms with Crippen molar-refractivity contribution in [1.29, 1.82) is 0 Å². The lowest BCUT2D eigenvalue weighted by atomic mass is 10.1. The average Bonchev–Trinajstić information content (AvgIpc) is 2.84. The Hall–Kier alpha value is -2.79. The third-order valence-corrected chi connectivity index (χ3v) is 5.30. The molecule has 0 saturated carbocycles. The van der Waals surface area contributed by atoms with Crippen LogP contribution in [0.25, 0.3) is 0 Å². The van der Waals surface area contributed by atoms with Crippen LogP contribution >= 0.6 is 0 Å². The molecule has 1 rings (SSSR count). The van der Waals surface area contributed by atoms with E-state index in [1.807, 2.05) is 0 Å². The number of hydrogen-bond donors (Lipinski definition) is 1. The third kappa shape index (κ3) is 14.9. The van der Waals surface area contributed by atoms with Crippen LogP contribution in [0, 0.1) is 20.2 Å². The van der Waals surface area contributed by atoms with Crippen molar-refractivity contribution in [3.8, 4) is 0 Å². The minimum absolute atomic E-state index is 0.185. The number of ether oxygens (including phenoxy) is 3. The van der Waals surface area contributed by atoms with Crippen LogP contribution in [-0.2, 0) is 19.0 Å². The lowest BCUT2D eigenvalue weighted by Gasteiger charge is -2.09. The standard InChI is InChI=1S/C24H39N3O8/c1-2-3-4-5-6-7-8-9-10-11-24(28)35-19-18-34-17-16-33-15-14-25-22-13-12-21(26(29)30)20-23(22)27(31)32/h12-13,20,25H,2-11,14-19H2,1H3. The van der Waals surface area contributed by atoms with Crippen LogP contribution in [0.15, 0.2) is 18.2 Å². The molecule has 198 valence electrons. The van der Waals surface area contributed by atoms with Crippen molar-refractivity contribution in [3.63, 3.8) is 0 Å². The Kier molecular flexibility index (Phi) is 16.9. The zero-order chi connectivity index (χ0) is 25.7. The van der Waals surface area contributed by atoms with Crippen molar-refractivity contribution >= 4 is 23.0 Å². The number of carbonyl (C=O) groups is 1. The van der Waals surface area contributed by atoms with Gasteiger partial charge in [-0.1, -0.05) is 58.3 Å². The fourth-order valence-electron chi connectivity index (χ4n) is 3.38. The van der Waals surface area contributed by atoms with E-state index in [1.165, 1.54) is 57.1 Å². The van der Waals surface area contributed by atoms with Crippen LogP contribution in [0.2, 0.25) is 0 Å². The highest BCUT2D eigenvalue weighted by Gasteiger charge is 2.18. The van der Waals surface area contributed by atoms with E-state index in [4.69, 9.17) is 14.2 Å². The Bertz CT molecular complexity index is 760. The van der Waals surface area contributed by atoms with Crippen LogP contribution in [0.4, 0.5) is 17.1 Å². The van der Waals surface area contributed by atoms with Gasteiger partial charge in [-0.3, -0.25) is 25.0 Å². The molecule has 0 aromatic heterocycles. The summed E-state index contributed by atoms with van der Waals surface area (Å²) in [4.78, 5) is 32.2. The normalized spacial score (nSPS) is 10.8. The molecule has 0 heterocycles. The van der Waals surface area contributed by atoms with E-state index in [-0.39, 0.29) is 42.8 Å². The molecule has 0 radical (unpaired) electrons. The lowest BCUT2D eigenvalue weighted by Crippen LogP contribution is -2.15. The smallest absolute Gasteiger partial charge is 0.305 e. The molecule has 0 aliphatic rings. The van der Waals surface area contributed by atoms with Crippen LogP contribution in [0.3, 0.4) is 0 Å². The number of carbonyl (C=O) groups excluding carboxylic acids is 1. The molecule has 0 bridgehead atoms. The Morgan fingerprint density at radius 2 is 1.43 bits per heavy atom. The molecular formula is C24H39N3O8. The summed E-state index contributed by atoms with van der Waals surface area (Å²) in [6.45, 7) is 3.92. The first-order valence-corrected chi connectivity index (χ1v) is 12.4. The summed E-state index contributed by atoms with van der Waals surface area (Å²) in [7, 11) is 0. The number of nitrogens with one attached hydrogen (secondary N) is 1. The van der Waals surface area contributed by atoms with Crippen LogP contribution in [0.5, 0.6) is 0 Å². The number of nitro benzene ring substituents is 2. The highest BCUT2D eigenvalue weighted by molar-refractivity contribution is 5.69. The molecule has 0 atom stereocenters. The molecule has 0 saturated heterocycles.